The van der Waals surface area contributed by atoms with Gasteiger partial charge in [-0.15, -0.1) is 0 Å². The van der Waals surface area contributed by atoms with Crippen molar-refractivity contribution < 1.29 is 14.3 Å². The van der Waals surface area contributed by atoms with Crippen molar-refractivity contribution >= 4 is 11.8 Å². The molecular weight excluding hydrogens is 390 g/mol. The average molecular weight is 430 g/mol. The number of hydrogen-bond acceptors (Lipinski definition) is 4. The Labute approximate surface area is 187 Å². The maximum absolute atomic E-state index is 13.3. The number of methoxy groups -OCH3 is 1. The highest BCUT2D eigenvalue weighted by atomic mass is 16.5. The summed E-state index contributed by atoms with van der Waals surface area (Å²) in [6, 6.07) is 5.92. The highest BCUT2D eigenvalue weighted by Crippen LogP contribution is 2.35. The molecule has 172 valence electrons. The van der Waals surface area contributed by atoms with Crippen LogP contribution in [0.4, 0.5) is 0 Å². The van der Waals surface area contributed by atoms with Gasteiger partial charge in [0, 0.05) is 26.2 Å². The Bertz CT molecular complexity index is 784. The van der Waals surface area contributed by atoms with Crippen molar-refractivity contribution in [1.82, 2.24) is 15.1 Å². The summed E-state index contributed by atoms with van der Waals surface area (Å²) in [4.78, 5) is 31.0. The van der Waals surface area contributed by atoms with E-state index in [4.69, 9.17) is 4.74 Å². The smallest absolute Gasteiger partial charge is 0.246 e. The molecule has 2 saturated heterocycles. The molecule has 6 heteroatoms. The van der Waals surface area contributed by atoms with E-state index in [1.54, 1.807) is 7.11 Å². The number of nitrogens with one attached hydrogen (secondary N) is 1. The van der Waals surface area contributed by atoms with Gasteiger partial charge in [0.05, 0.1) is 7.11 Å². The molecule has 3 rings (SSSR count). The number of carbonyl (C=O) groups is 2. The first kappa shape index (κ1) is 23.6. The van der Waals surface area contributed by atoms with Gasteiger partial charge in [0.15, 0.2) is 0 Å². The van der Waals surface area contributed by atoms with Crippen LogP contribution in [0.3, 0.4) is 0 Å². The molecule has 6 nitrogen and oxygen atoms in total. The maximum Gasteiger partial charge on any atom is 0.246 e. The zero-order valence-corrected chi connectivity index (χ0v) is 19.9. The molecule has 2 heterocycles. The largest absolute Gasteiger partial charge is 0.496 e. The molecule has 1 spiro atoms. The van der Waals surface area contributed by atoms with E-state index in [1.807, 2.05) is 11.0 Å². The molecule has 1 atom stereocenters. The number of likely N-dealkylation sites (tertiary alicyclic amines) is 1. The van der Waals surface area contributed by atoms with E-state index < -0.39 is 5.54 Å². The number of nitrogens with zero attached hydrogens (tertiary/aromatic N) is 2. The molecule has 1 unspecified atom stereocenters. The topological polar surface area (TPSA) is 61.9 Å². The number of carbonyl (C=O) groups excluding carboxylic acids is 2. The van der Waals surface area contributed by atoms with Gasteiger partial charge >= 0.3 is 0 Å². The van der Waals surface area contributed by atoms with Gasteiger partial charge in [-0.1, -0.05) is 39.3 Å². The van der Waals surface area contributed by atoms with Crippen molar-refractivity contribution in [3.8, 4) is 5.75 Å². The summed E-state index contributed by atoms with van der Waals surface area (Å²) >= 11 is 0. The van der Waals surface area contributed by atoms with E-state index in [0.717, 1.165) is 43.8 Å². The van der Waals surface area contributed by atoms with Crippen LogP contribution in [0.5, 0.6) is 5.75 Å². The summed E-state index contributed by atoms with van der Waals surface area (Å²) in [5.41, 5.74) is 1.69. The summed E-state index contributed by atoms with van der Waals surface area (Å²) in [6.07, 6.45) is 4.03. The van der Waals surface area contributed by atoms with E-state index in [2.05, 4.69) is 50.0 Å². The van der Waals surface area contributed by atoms with Gasteiger partial charge in [0.2, 0.25) is 11.8 Å². The molecule has 31 heavy (non-hydrogen) atoms. The number of piperazine rings is 1. The molecular formula is C25H39N3O3. The minimum atomic E-state index is -0.688. The number of piperidine rings is 1. The van der Waals surface area contributed by atoms with Crippen molar-refractivity contribution in [3.63, 3.8) is 0 Å². The molecule has 1 aromatic carbocycles. The van der Waals surface area contributed by atoms with E-state index in [1.165, 1.54) is 5.56 Å². The predicted molar refractivity (Wildman–Crippen MR) is 123 cm³/mol. The van der Waals surface area contributed by atoms with Gasteiger partial charge in [0.1, 0.15) is 17.3 Å². The fraction of sp³-hybridized carbons (Fsp3) is 0.680. The number of benzene rings is 1. The Kier molecular flexibility index (Phi) is 7.63. The highest BCUT2D eigenvalue weighted by molar-refractivity contribution is 6.00. The molecule has 1 aromatic rings. The average Bonchev–Trinajstić information content (AvgIpc) is 2.73. The van der Waals surface area contributed by atoms with Crippen molar-refractivity contribution in [1.29, 1.82) is 0 Å². The predicted octanol–water partition coefficient (Wildman–Crippen LogP) is 3.51. The minimum absolute atomic E-state index is 0.0498. The van der Waals surface area contributed by atoms with E-state index in [0.29, 0.717) is 31.7 Å². The van der Waals surface area contributed by atoms with Gasteiger partial charge in [-0.05, 0) is 55.7 Å². The molecule has 2 aliphatic rings. The van der Waals surface area contributed by atoms with E-state index >= 15 is 0 Å². The van der Waals surface area contributed by atoms with E-state index in [-0.39, 0.29) is 17.9 Å². The second-order valence-corrected chi connectivity index (χ2v) is 9.61. The summed E-state index contributed by atoms with van der Waals surface area (Å²) in [7, 11) is 1.69. The highest BCUT2D eigenvalue weighted by Gasteiger charge is 2.53. The molecule has 0 aliphatic carbocycles. The first-order chi connectivity index (χ1) is 14.8. The number of unbranched alkanes of at least 4 members (excludes halogenated alkanes) is 1. The van der Waals surface area contributed by atoms with Gasteiger partial charge in [-0.25, -0.2) is 0 Å². The fourth-order valence-corrected chi connectivity index (χ4v) is 5.02. The van der Waals surface area contributed by atoms with Crippen LogP contribution < -0.4 is 10.1 Å². The first-order valence-corrected chi connectivity index (χ1v) is 11.8. The van der Waals surface area contributed by atoms with Crippen LogP contribution in [0.1, 0.15) is 64.0 Å². The lowest BCUT2D eigenvalue weighted by atomic mass is 9.80. The van der Waals surface area contributed by atoms with Crippen molar-refractivity contribution in [3.05, 3.63) is 29.3 Å². The first-order valence-electron chi connectivity index (χ1n) is 11.8. The van der Waals surface area contributed by atoms with E-state index in [9.17, 15) is 9.59 Å². The third-order valence-electron chi connectivity index (χ3n) is 6.80. The molecule has 2 amide bonds. The number of rotatable bonds is 8. The third-order valence-corrected chi connectivity index (χ3v) is 6.80. The lowest BCUT2D eigenvalue weighted by molar-refractivity contribution is -0.161. The number of ether oxygens (including phenoxy) is 1. The van der Waals surface area contributed by atoms with Gasteiger partial charge in [-0.2, -0.15) is 0 Å². The molecule has 1 N–H and O–H groups in total. The quantitative estimate of drug-likeness (QED) is 0.687. The summed E-state index contributed by atoms with van der Waals surface area (Å²) in [5.74, 6) is 1.43. The third kappa shape index (κ3) is 5.05. The molecule has 0 radical (unpaired) electrons. The molecule has 0 aromatic heterocycles. The Morgan fingerprint density at radius 3 is 2.52 bits per heavy atom. The van der Waals surface area contributed by atoms with Crippen LogP contribution >= 0.6 is 0 Å². The second kappa shape index (κ2) is 10.0. The second-order valence-electron chi connectivity index (χ2n) is 9.61. The van der Waals surface area contributed by atoms with Crippen molar-refractivity contribution in [2.45, 2.75) is 77.9 Å². The molecule has 0 saturated carbocycles. The van der Waals surface area contributed by atoms with Gasteiger partial charge in [-0.3, -0.25) is 14.5 Å². The number of aryl methyl sites for hydroxylation is 1. The van der Waals surface area contributed by atoms with Crippen molar-refractivity contribution in [2.24, 2.45) is 5.92 Å². The van der Waals surface area contributed by atoms with Crippen molar-refractivity contribution in [2.75, 3.05) is 26.7 Å². The summed E-state index contributed by atoms with van der Waals surface area (Å²) in [6.45, 7) is 11.5. The van der Waals surface area contributed by atoms with Gasteiger partial charge in [0.25, 0.3) is 0 Å². The van der Waals surface area contributed by atoms with Crippen LogP contribution in [-0.2, 0) is 16.1 Å². The lowest BCUT2D eigenvalue weighted by Crippen LogP contribution is -2.73. The van der Waals surface area contributed by atoms with Crippen LogP contribution in [0.15, 0.2) is 18.2 Å². The summed E-state index contributed by atoms with van der Waals surface area (Å²) < 4.78 is 5.37. The van der Waals surface area contributed by atoms with Crippen LogP contribution in [0.2, 0.25) is 0 Å². The van der Waals surface area contributed by atoms with Gasteiger partial charge < -0.3 is 15.0 Å². The van der Waals surface area contributed by atoms with Crippen LogP contribution in [-0.4, -0.2) is 59.9 Å². The Morgan fingerprint density at radius 1 is 1.23 bits per heavy atom. The zero-order chi connectivity index (χ0) is 22.6. The monoisotopic (exact) mass is 429 g/mol. The minimum Gasteiger partial charge on any atom is -0.496 e. The maximum atomic E-state index is 13.3. The Hall–Kier alpha value is -2.08. The number of amides is 2. The Morgan fingerprint density at radius 2 is 1.94 bits per heavy atom. The SMILES string of the molecule is CCCCN1C(=O)C(CC(C)C)NC(=O)C12CCN(Cc1ccc(OC)c(C)c1)CC2. The summed E-state index contributed by atoms with van der Waals surface area (Å²) in [5, 5.41) is 3.09. The van der Waals surface area contributed by atoms with Crippen LogP contribution in [0, 0.1) is 12.8 Å². The molecule has 2 fully saturated rings. The Balaban J connectivity index is 1.71. The molecule has 2 aliphatic heterocycles. The number of hydrogen-bond donors (Lipinski definition) is 1. The lowest BCUT2D eigenvalue weighted by Gasteiger charge is -2.52. The standard InChI is InChI=1S/C25H39N3O3/c1-6-7-12-28-23(29)21(15-18(2)3)26-24(30)25(28)10-13-27(14-11-25)17-20-8-9-22(31-5)19(4)16-20/h8-9,16,18,21H,6-7,10-15,17H2,1-5H3,(H,26,30). The van der Waals surface area contributed by atoms with Crippen LogP contribution in [0.25, 0.3) is 0 Å². The molecule has 0 bridgehead atoms. The fourth-order valence-electron chi connectivity index (χ4n) is 5.02. The zero-order valence-electron chi connectivity index (χ0n) is 19.9. The normalized spacial score (nSPS) is 21.6.